The minimum atomic E-state index is -5.17. The van der Waals surface area contributed by atoms with Crippen molar-refractivity contribution in [2.75, 3.05) is 10.9 Å². The van der Waals surface area contributed by atoms with Crippen LogP contribution in [0.25, 0.3) is 10.2 Å². The molecule has 2 N–H and O–H groups in total. The van der Waals surface area contributed by atoms with Crippen LogP contribution in [0.2, 0.25) is 0 Å². The van der Waals surface area contributed by atoms with Crippen LogP contribution in [-0.4, -0.2) is 17.5 Å². The van der Waals surface area contributed by atoms with Crippen LogP contribution < -0.4 is 10.9 Å². The molecule has 0 bridgehead atoms. The molecule has 0 aliphatic rings. The number of nitrogens with zero attached hydrogens (tertiary/aromatic N) is 4. The van der Waals surface area contributed by atoms with Gasteiger partial charge < -0.3 is 9.11 Å². The molecule has 0 heterocycles. The Morgan fingerprint density at radius 2 is 1.16 bits per heavy atom. The van der Waals surface area contributed by atoms with Gasteiger partial charge in [-0.15, -0.1) is 0 Å². The molecule has 0 radical (unpaired) electrons. The highest BCUT2D eigenvalue weighted by Crippen LogP contribution is 2.15. The van der Waals surface area contributed by atoms with E-state index in [2.05, 4.69) is 52.9 Å². The van der Waals surface area contributed by atoms with E-state index < -0.39 is 10.4 Å². The van der Waals surface area contributed by atoms with Crippen molar-refractivity contribution in [3.8, 4) is 0 Å². The van der Waals surface area contributed by atoms with E-state index in [1.165, 1.54) is 0 Å². The molecule has 0 aliphatic heterocycles. The lowest BCUT2D eigenvalue weighted by Crippen LogP contribution is -1.91. The maximum Gasteiger partial charge on any atom is 0.308 e. The van der Waals surface area contributed by atoms with E-state index in [4.69, 9.17) is 28.3 Å². The van der Waals surface area contributed by atoms with Crippen molar-refractivity contribution in [1.82, 2.24) is 0 Å². The molecule has 10 nitrogen and oxygen atoms in total. The Kier molecular flexibility index (Phi) is 11.0. The first kappa shape index (κ1) is 22.7. The van der Waals surface area contributed by atoms with E-state index in [1.807, 2.05) is 24.3 Å². The van der Waals surface area contributed by atoms with E-state index in [0.717, 1.165) is 20.3 Å². The van der Waals surface area contributed by atoms with Crippen LogP contribution in [0.3, 0.4) is 0 Å². The lowest BCUT2D eigenvalue weighted by molar-refractivity contribution is 0.352. The summed E-state index contributed by atoms with van der Waals surface area (Å²) in [4.78, 5) is 0. The van der Waals surface area contributed by atoms with Gasteiger partial charge in [-0.25, -0.2) is 0 Å². The summed E-state index contributed by atoms with van der Waals surface area (Å²) in [5.74, 6) is 0. The van der Waals surface area contributed by atoms with Crippen LogP contribution in [0.15, 0.2) is 57.5 Å². The molecular weight excluding hydrogens is 484 g/mol. The molecule has 0 amide bonds. The van der Waals surface area contributed by atoms with E-state index in [1.54, 1.807) is 24.3 Å². The number of halogens is 2. The third-order valence-electron chi connectivity index (χ3n) is 2.01. The van der Waals surface area contributed by atoms with Crippen LogP contribution in [0, 0.1) is 10.8 Å². The number of diazo groups is 2. The van der Waals surface area contributed by atoms with Crippen molar-refractivity contribution in [3.05, 3.63) is 67.6 Å². The van der Waals surface area contributed by atoms with Crippen molar-refractivity contribution >= 4 is 53.6 Å². The summed E-state index contributed by atoms with van der Waals surface area (Å²) in [6, 6.07) is 14.7. The molecule has 0 saturated heterocycles. The molecule has 0 atom stereocenters. The van der Waals surface area contributed by atoms with Gasteiger partial charge in [-0.05, 0) is 47.2 Å². The third kappa shape index (κ3) is 15.0. The lowest BCUT2D eigenvalue weighted by atomic mass is 10.3. The Hall–Kier alpha value is -2.29. The first-order chi connectivity index (χ1) is 11.7. The van der Waals surface area contributed by atoms with Crippen LogP contribution >= 0.6 is 31.9 Å². The fraction of sp³-hybridized carbons (Fsp3) is 0. The van der Waals surface area contributed by atoms with Crippen LogP contribution in [0.1, 0.15) is 0 Å². The molecule has 0 saturated carbocycles. The number of nitrogens with one attached hydrogen (secondary N) is 2. The Morgan fingerprint density at radius 1 is 0.840 bits per heavy atom. The first-order valence-electron chi connectivity index (χ1n) is 6.03. The molecule has 13 heteroatoms. The van der Waals surface area contributed by atoms with E-state index in [9.17, 15) is 0 Å². The zero-order valence-electron chi connectivity index (χ0n) is 12.2. The zero-order chi connectivity index (χ0) is 19.3. The molecule has 2 rings (SSSR count). The Labute approximate surface area is 160 Å². The third-order valence-corrected chi connectivity index (χ3v) is 2.99. The minimum absolute atomic E-state index is 0.747. The van der Waals surface area contributed by atoms with Gasteiger partial charge in [-0.3, -0.25) is 8.42 Å². The van der Waals surface area contributed by atoms with Gasteiger partial charge in [0.1, 0.15) is 11.4 Å². The quantitative estimate of drug-likeness (QED) is 0.275. The van der Waals surface area contributed by atoms with E-state index >= 15 is 0 Å². The number of rotatable bonds is 2. The molecule has 2 aromatic carbocycles. The first-order valence-corrected chi connectivity index (χ1v) is 8.95. The average molecular weight is 494 g/mol. The minimum Gasteiger partial charge on any atom is -0.759 e. The SMILES string of the molecule is N#[N+]Nc1cccc(Br)c1.N#[N+]Nc1cccc(Br)c1.O=S(=O)([O-])[O-]. The summed E-state index contributed by atoms with van der Waals surface area (Å²) >= 11 is 6.54. The summed E-state index contributed by atoms with van der Waals surface area (Å²) in [5, 5.41) is 21.8. The zero-order valence-corrected chi connectivity index (χ0v) is 16.2. The molecule has 25 heavy (non-hydrogen) atoms. The monoisotopic (exact) mass is 492 g/mol. The highest BCUT2D eigenvalue weighted by atomic mass is 79.9. The highest BCUT2D eigenvalue weighted by molar-refractivity contribution is 9.10. The highest BCUT2D eigenvalue weighted by Gasteiger charge is 1.96. The maximum absolute atomic E-state index is 8.52. The van der Waals surface area contributed by atoms with Gasteiger partial charge in [0.15, 0.2) is 0 Å². The van der Waals surface area contributed by atoms with Crippen molar-refractivity contribution in [1.29, 1.82) is 10.8 Å². The largest absolute Gasteiger partial charge is 0.759 e. The van der Waals surface area contributed by atoms with Gasteiger partial charge in [-0.1, -0.05) is 44.0 Å². The molecule has 0 spiro atoms. The Balaban J connectivity index is 0.000000368. The Bertz CT molecular complexity index is 801. The fourth-order valence-electron chi connectivity index (χ4n) is 1.23. The maximum atomic E-state index is 8.52. The summed E-state index contributed by atoms with van der Waals surface area (Å²) in [7, 11) is -5.17. The van der Waals surface area contributed by atoms with Gasteiger partial charge in [0.05, 0.1) is 0 Å². The predicted molar refractivity (Wildman–Crippen MR) is 96.2 cm³/mol. The van der Waals surface area contributed by atoms with Crippen molar-refractivity contribution in [3.63, 3.8) is 0 Å². The molecule has 2 aromatic rings. The standard InChI is InChI=1S/2C6H5BrN3.H2O4S/c2*7-5-2-1-3-6(4-5)9-10-8;1-5(2,3)4/h2*1-4,9H;(H2,1,2,3,4)/q2*+1;/p-2. The van der Waals surface area contributed by atoms with Gasteiger partial charge in [0, 0.05) is 19.3 Å². The summed E-state index contributed by atoms with van der Waals surface area (Å²) in [6.45, 7) is 0. The molecule has 132 valence electrons. The van der Waals surface area contributed by atoms with E-state index in [-0.39, 0.29) is 0 Å². The molecule has 0 aliphatic carbocycles. The Morgan fingerprint density at radius 3 is 1.40 bits per heavy atom. The second kappa shape index (κ2) is 12.1. The second-order valence-corrected chi connectivity index (χ2v) is 6.50. The average Bonchev–Trinajstić information content (AvgIpc) is 2.47. The van der Waals surface area contributed by atoms with Crippen molar-refractivity contribution < 1.29 is 17.5 Å². The number of anilines is 2. The summed E-state index contributed by atoms with van der Waals surface area (Å²) in [5.41, 5.74) is 6.29. The molecular formula is C12H10Br2N6O4S. The second-order valence-electron chi connectivity index (χ2n) is 3.85. The summed E-state index contributed by atoms with van der Waals surface area (Å²) < 4.78 is 36.0. The van der Waals surface area contributed by atoms with Crippen LogP contribution in [0.5, 0.6) is 0 Å². The van der Waals surface area contributed by atoms with E-state index in [0.29, 0.717) is 0 Å². The number of hydrogen-bond acceptors (Lipinski definition) is 8. The molecule has 0 fully saturated rings. The predicted octanol–water partition coefficient (Wildman–Crippen LogP) is 3.92. The van der Waals surface area contributed by atoms with Crippen LogP contribution in [0.4, 0.5) is 11.4 Å². The molecule has 0 aromatic heterocycles. The van der Waals surface area contributed by atoms with Gasteiger partial charge >= 0.3 is 10.2 Å². The summed E-state index contributed by atoms with van der Waals surface area (Å²) in [6.07, 6.45) is 0. The normalized spacial score (nSPS) is 9.04. The van der Waals surface area contributed by atoms with Gasteiger partial charge in [-0.2, -0.15) is 0 Å². The van der Waals surface area contributed by atoms with Gasteiger partial charge in [0.25, 0.3) is 10.8 Å². The van der Waals surface area contributed by atoms with Crippen LogP contribution in [-0.2, 0) is 10.4 Å². The van der Waals surface area contributed by atoms with Crippen molar-refractivity contribution in [2.45, 2.75) is 0 Å². The number of hydrogen-bond donors (Lipinski definition) is 2. The smallest absolute Gasteiger partial charge is 0.308 e. The molecule has 0 unspecified atom stereocenters. The topological polar surface area (TPSA) is 161 Å². The lowest BCUT2D eigenvalue weighted by Gasteiger charge is -2.06. The van der Waals surface area contributed by atoms with Gasteiger partial charge in [0.2, 0.25) is 0 Å². The number of benzene rings is 2. The fourth-order valence-corrected chi connectivity index (χ4v) is 2.03. The van der Waals surface area contributed by atoms with Crippen molar-refractivity contribution in [2.24, 2.45) is 0 Å².